The fraction of sp³-hybridized carbons (Fsp3) is 0.462. The van der Waals surface area contributed by atoms with Gasteiger partial charge in [0.1, 0.15) is 0 Å². The zero-order chi connectivity index (χ0) is 11.4. The van der Waals surface area contributed by atoms with Crippen molar-refractivity contribution < 1.29 is 9.53 Å². The summed E-state index contributed by atoms with van der Waals surface area (Å²) in [6.07, 6.45) is 3.05. The highest BCUT2D eigenvalue weighted by atomic mass is 16.5. The lowest BCUT2D eigenvalue weighted by Gasteiger charge is -2.20. The Bertz CT molecular complexity index is 350. The van der Waals surface area contributed by atoms with Crippen LogP contribution in [0.5, 0.6) is 0 Å². The van der Waals surface area contributed by atoms with Gasteiger partial charge in [-0.25, -0.2) is 0 Å². The highest BCUT2D eigenvalue weighted by Gasteiger charge is 2.33. The number of ether oxygens (including phenoxy) is 1. The Morgan fingerprint density at radius 2 is 2.06 bits per heavy atom. The van der Waals surface area contributed by atoms with Gasteiger partial charge in [-0.15, -0.1) is 0 Å². The third-order valence-corrected chi connectivity index (χ3v) is 3.15. The second kappa shape index (κ2) is 5.01. The zero-order valence-electron chi connectivity index (χ0n) is 9.48. The first kappa shape index (κ1) is 11.0. The predicted molar refractivity (Wildman–Crippen MR) is 63.2 cm³/mol. The van der Waals surface area contributed by atoms with Crippen LogP contribution < -0.4 is 5.32 Å². The lowest BCUT2D eigenvalue weighted by atomic mass is 10.0. The van der Waals surface area contributed by atoms with E-state index in [0.29, 0.717) is 0 Å². The third-order valence-electron chi connectivity index (χ3n) is 3.15. The van der Waals surface area contributed by atoms with Crippen LogP contribution in [0, 0.1) is 5.92 Å². The number of esters is 1. The second-order valence-corrected chi connectivity index (χ2v) is 4.18. The quantitative estimate of drug-likeness (QED) is 0.793. The van der Waals surface area contributed by atoms with E-state index in [4.69, 9.17) is 4.74 Å². The van der Waals surface area contributed by atoms with Gasteiger partial charge in [-0.3, -0.25) is 4.79 Å². The molecule has 0 aliphatic heterocycles. The molecule has 3 nitrogen and oxygen atoms in total. The summed E-state index contributed by atoms with van der Waals surface area (Å²) in [7, 11) is 1.46. The van der Waals surface area contributed by atoms with Gasteiger partial charge in [0.25, 0.3) is 0 Å². The van der Waals surface area contributed by atoms with Crippen LogP contribution in [-0.4, -0.2) is 19.1 Å². The van der Waals surface area contributed by atoms with Gasteiger partial charge in [0.2, 0.25) is 0 Å². The van der Waals surface area contributed by atoms with Crippen molar-refractivity contribution in [1.29, 1.82) is 0 Å². The van der Waals surface area contributed by atoms with Gasteiger partial charge in [-0.05, 0) is 25.0 Å². The van der Waals surface area contributed by atoms with Gasteiger partial charge in [0.15, 0.2) is 0 Å². The monoisotopic (exact) mass is 219 g/mol. The number of rotatable bonds is 3. The summed E-state index contributed by atoms with van der Waals surface area (Å²) in [5.41, 5.74) is 1.07. The summed E-state index contributed by atoms with van der Waals surface area (Å²) in [6, 6.07) is 10.2. The molecule has 1 N–H and O–H groups in total. The number of carbonyl (C=O) groups is 1. The normalized spacial score (nSPS) is 24.1. The molecule has 1 aliphatic rings. The van der Waals surface area contributed by atoms with Crippen molar-refractivity contribution in [3.63, 3.8) is 0 Å². The number of para-hydroxylation sites is 1. The average Bonchev–Trinajstić information content (AvgIpc) is 2.77. The average molecular weight is 219 g/mol. The summed E-state index contributed by atoms with van der Waals surface area (Å²) in [6.45, 7) is 0. The molecule has 0 amide bonds. The molecule has 1 saturated carbocycles. The van der Waals surface area contributed by atoms with Crippen LogP contribution in [0.3, 0.4) is 0 Å². The van der Waals surface area contributed by atoms with Crippen LogP contribution in [0.15, 0.2) is 30.3 Å². The smallest absolute Gasteiger partial charge is 0.310 e. The molecule has 0 saturated heterocycles. The van der Waals surface area contributed by atoms with Crippen molar-refractivity contribution >= 4 is 11.7 Å². The van der Waals surface area contributed by atoms with E-state index in [0.717, 1.165) is 24.9 Å². The molecule has 0 spiro atoms. The summed E-state index contributed by atoms with van der Waals surface area (Å²) >= 11 is 0. The fourth-order valence-corrected chi connectivity index (χ4v) is 2.31. The highest BCUT2D eigenvalue weighted by molar-refractivity contribution is 5.74. The van der Waals surface area contributed by atoms with Crippen molar-refractivity contribution in [3.8, 4) is 0 Å². The van der Waals surface area contributed by atoms with E-state index in [2.05, 4.69) is 5.32 Å². The maximum Gasteiger partial charge on any atom is 0.310 e. The van der Waals surface area contributed by atoms with Crippen LogP contribution in [0.1, 0.15) is 19.3 Å². The molecular weight excluding hydrogens is 202 g/mol. The van der Waals surface area contributed by atoms with Gasteiger partial charge < -0.3 is 10.1 Å². The fourth-order valence-electron chi connectivity index (χ4n) is 2.31. The summed E-state index contributed by atoms with van der Waals surface area (Å²) in [4.78, 5) is 11.6. The predicted octanol–water partition coefficient (Wildman–Crippen LogP) is 2.44. The summed E-state index contributed by atoms with van der Waals surface area (Å²) in [5.74, 6) is -0.0869. The summed E-state index contributed by atoms with van der Waals surface area (Å²) in [5, 5.41) is 3.41. The zero-order valence-corrected chi connectivity index (χ0v) is 9.48. The van der Waals surface area contributed by atoms with Gasteiger partial charge in [-0.1, -0.05) is 24.6 Å². The first-order valence-electron chi connectivity index (χ1n) is 5.70. The highest BCUT2D eigenvalue weighted by Crippen LogP contribution is 2.29. The van der Waals surface area contributed by atoms with Crippen LogP contribution in [0.2, 0.25) is 0 Å². The van der Waals surface area contributed by atoms with E-state index in [1.54, 1.807) is 0 Å². The molecule has 3 heteroatoms. The van der Waals surface area contributed by atoms with Crippen LogP contribution in [0.25, 0.3) is 0 Å². The van der Waals surface area contributed by atoms with E-state index in [1.165, 1.54) is 7.11 Å². The SMILES string of the molecule is COC(=O)C1CCCC1Nc1ccccc1. The number of hydrogen-bond acceptors (Lipinski definition) is 3. The maximum absolute atomic E-state index is 11.6. The van der Waals surface area contributed by atoms with E-state index in [1.807, 2.05) is 30.3 Å². The Hall–Kier alpha value is -1.51. The number of carbonyl (C=O) groups excluding carboxylic acids is 1. The maximum atomic E-state index is 11.6. The van der Waals surface area contributed by atoms with Crippen LogP contribution in [0.4, 0.5) is 5.69 Å². The molecule has 16 heavy (non-hydrogen) atoms. The van der Waals surface area contributed by atoms with Crippen molar-refractivity contribution in [2.24, 2.45) is 5.92 Å². The van der Waals surface area contributed by atoms with Crippen molar-refractivity contribution in [2.75, 3.05) is 12.4 Å². The lowest BCUT2D eigenvalue weighted by Crippen LogP contribution is -2.30. The van der Waals surface area contributed by atoms with Gasteiger partial charge in [0, 0.05) is 11.7 Å². The third kappa shape index (κ3) is 2.35. The molecule has 2 unspecified atom stereocenters. The van der Waals surface area contributed by atoms with Crippen LogP contribution >= 0.6 is 0 Å². The summed E-state index contributed by atoms with van der Waals surface area (Å²) < 4.78 is 4.82. The molecule has 0 heterocycles. The van der Waals surface area contributed by atoms with Gasteiger partial charge in [-0.2, -0.15) is 0 Å². The molecule has 0 bridgehead atoms. The Kier molecular flexibility index (Phi) is 3.44. The minimum Gasteiger partial charge on any atom is -0.469 e. The van der Waals surface area contributed by atoms with Gasteiger partial charge >= 0.3 is 5.97 Å². The standard InChI is InChI=1S/C13H17NO2/c1-16-13(15)11-8-5-9-12(11)14-10-6-3-2-4-7-10/h2-4,6-7,11-12,14H,5,8-9H2,1H3. The molecule has 2 atom stereocenters. The first-order valence-corrected chi connectivity index (χ1v) is 5.70. The number of nitrogens with one attached hydrogen (secondary N) is 1. The number of hydrogen-bond donors (Lipinski definition) is 1. The molecular formula is C13H17NO2. The number of anilines is 1. The number of methoxy groups -OCH3 is 1. The Morgan fingerprint density at radius 3 is 2.75 bits per heavy atom. The molecule has 1 aromatic carbocycles. The van der Waals surface area contributed by atoms with E-state index in [-0.39, 0.29) is 17.9 Å². The molecule has 2 rings (SSSR count). The molecule has 86 valence electrons. The first-order chi connectivity index (χ1) is 7.81. The molecule has 1 fully saturated rings. The van der Waals surface area contributed by atoms with Crippen LogP contribution in [-0.2, 0) is 9.53 Å². The molecule has 0 aromatic heterocycles. The van der Waals surface area contributed by atoms with Gasteiger partial charge in [0.05, 0.1) is 13.0 Å². The molecule has 0 radical (unpaired) electrons. The van der Waals surface area contributed by atoms with Crippen molar-refractivity contribution in [3.05, 3.63) is 30.3 Å². The topological polar surface area (TPSA) is 38.3 Å². The minimum atomic E-state index is -0.0917. The Balaban J connectivity index is 2.01. The Labute approximate surface area is 95.8 Å². The van der Waals surface area contributed by atoms with E-state index < -0.39 is 0 Å². The Morgan fingerprint density at radius 1 is 1.31 bits per heavy atom. The van der Waals surface area contributed by atoms with E-state index in [9.17, 15) is 4.79 Å². The largest absolute Gasteiger partial charge is 0.469 e. The molecule has 1 aliphatic carbocycles. The lowest BCUT2D eigenvalue weighted by molar-refractivity contribution is -0.145. The molecule has 1 aromatic rings. The minimum absolute atomic E-state index is 0.00482. The number of benzene rings is 1. The van der Waals surface area contributed by atoms with E-state index >= 15 is 0 Å². The van der Waals surface area contributed by atoms with Crippen molar-refractivity contribution in [2.45, 2.75) is 25.3 Å². The second-order valence-electron chi connectivity index (χ2n) is 4.18. The van der Waals surface area contributed by atoms with Crippen molar-refractivity contribution in [1.82, 2.24) is 0 Å².